The van der Waals surface area contributed by atoms with Gasteiger partial charge in [-0.2, -0.15) is 4.98 Å². The number of hydrogen-bond acceptors (Lipinski definition) is 6. The largest absolute Gasteiger partial charge is 0.489 e. The second kappa shape index (κ2) is 10.9. The Morgan fingerprint density at radius 1 is 0.950 bits per heavy atom. The predicted molar refractivity (Wildman–Crippen MR) is 155 cm³/mol. The van der Waals surface area contributed by atoms with Crippen molar-refractivity contribution in [2.24, 2.45) is 0 Å². The number of ether oxygens (including phenoxy) is 1. The van der Waals surface area contributed by atoms with E-state index in [1.807, 2.05) is 92.7 Å². The van der Waals surface area contributed by atoms with E-state index in [9.17, 15) is 4.79 Å². The van der Waals surface area contributed by atoms with Crippen LogP contribution in [0.4, 0.5) is 11.6 Å². The average molecular weight is 529 g/mol. The van der Waals surface area contributed by atoms with Gasteiger partial charge in [0.25, 0.3) is 5.91 Å². The molecular formula is C32H28N6O2. The molecule has 0 fully saturated rings. The summed E-state index contributed by atoms with van der Waals surface area (Å²) >= 11 is 0. The van der Waals surface area contributed by atoms with Gasteiger partial charge in [0.1, 0.15) is 18.4 Å². The van der Waals surface area contributed by atoms with Crippen molar-refractivity contribution in [3.05, 3.63) is 131 Å². The standard InChI is InChI=1S/C32H28N6O2/c1-21-10-12-25(13-11-21)30-36-32-34-22(2)28(31(39)35-26-9-6-18-33-19-26)29(38(32)37-30)24-14-16-27(17-15-24)40-20-23-7-4-3-5-8-23/h3-19,29H,20H2,1-2H3,(H,35,39)(H,34,36,37). The van der Waals surface area contributed by atoms with Gasteiger partial charge >= 0.3 is 0 Å². The zero-order valence-electron chi connectivity index (χ0n) is 22.2. The SMILES string of the molecule is CC1=C(C(=O)Nc2cccnc2)C(c2ccc(OCc3ccccc3)cc2)n2nc(-c3ccc(C)cc3)nc2N1. The summed E-state index contributed by atoms with van der Waals surface area (Å²) in [5, 5.41) is 11.1. The number of amides is 1. The summed E-state index contributed by atoms with van der Waals surface area (Å²) in [7, 11) is 0. The number of pyridine rings is 1. The van der Waals surface area contributed by atoms with Crippen LogP contribution in [-0.2, 0) is 11.4 Å². The number of carbonyl (C=O) groups excluding carboxylic acids is 1. The average Bonchev–Trinajstić information content (AvgIpc) is 3.40. The summed E-state index contributed by atoms with van der Waals surface area (Å²) in [6.07, 6.45) is 3.29. The Balaban J connectivity index is 1.35. The molecule has 1 aliphatic heterocycles. The van der Waals surface area contributed by atoms with E-state index in [2.05, 4.69) is 15.6 Å². The molecule has 8 nitrogen and oxygen atoms in total. The van der Waals surface area contributed by atoms with E-state index in [1.165, 1.54) is 0 Å². The van der Waals surface area contributed by atoms with E-state index in [1.54, 1.807) is 29.2 Å². The Morgan fingerprint density at radius 3 is 2.45 bits per heavy atom. The van der Waals surface area contributed by atoms with Crippen LogP contribution in [0.5, 0.6) is 5.75 Å². The zero-order valence-corrected chi connectivity index (χ0v) is 22.2. The molecule has 2 N–H and O–H groups in total. The molecule has 1 aliphatic rings. The van der Waals surface area contributed by atoms with Crippen molar-refractivity contribution in [2.75, 3.05) is 10.6 Å². The fourth-order valence-corrected chi connectivity index (χ4v) is 4.70. The van der Waals surface area contributed by atoms with Gasteiger partial charge in [0.15, 0.2) is 5.82 Å². The second-order valence-corrected chi connectivity index (χ2v) is 9.67. The lowest BCUT2D eigenvalue weighted by atomic mass is 9.95. The van der Waals surface area contributed by atoms with Crippen molar-refractivity contribution >= 4 is 17.5 Å². The third-order valence-corrected chi connectivity index (χ3v) is 6.77. The number of hydrogen-bond donors (Lipinski definition) is 2. The summed E-state index contributed by atoms with van der Waals surface area (Å²) in [6.45, 7) is 4.39. The van der Waals surface area contributed by atoms with Gasteiger partial charge in [-0.25, -0.2) is 4.68 Å². The lowest BCUT2D eigenvalue weighted by Gasteiger charge is -2.28. The van der Waals surface area contributed by atoms with Crippen molar-refractivity contribution in [1.82, 2.24) is 19.7 Å². The predicted octanol–water partition coefficient (Wildman–Crippen LogP) is 6.16. The third-order valence-electron chi connectivity index (χ3n) is 6.77. The highest BCUT2D eigenvalue weighted by Gasteiger charge is 2.34. The topological polar surface area (TPSA) is 94.0 Å². The number of carbonyl (C=O) groups is 1. The molecule has 3 aromatic carbocycles. The molecule has 0 aliphatic carbocycles. The van der Waals surface area contributed by atoms with Crippen LogP contribution in [0.2, 0.25) is 0 Å². The normalized spacial score (nSPS) is 14.3. The molecule has 8 heteroatoms. The number of rotatable bonds is 7. The van der Waals surface area contributed by atoms with Gasteiger partial charge in [0, 0.05) is 17.5 Å². The highest BCUT2D eigenvalue weighted by Crippen LogP contribution is 2.37. The molecule has 198 valence electrons. The van der Waals surface area contributed by atoms with Crippen LogP contribution in [-0.4, -0.2) is 25.7 Å². The van der Waals surface area contributed by atoms with Crippen LogP contribution in [0, 0.1) is 6.92 Å². The zero-order chi connectivity index (χ0) is 27.5. The lowest BCUT2D eigenvalue weighted by molar-refractivity contribution is -0.113. The highest BCUT2D eigenvalue weighted by atomic mass is 16.5. The van der Waals surface area contributed by atoms with Gasteiger partial charge in [-0.15, -0.1) is 5.10 Å². The molecule has 0 radical (unpaired) electrons. The van der Waals surface area contributed by atoms with Gasteiger partial charge < -0.3 is 15.4 Å². The number of anilines is 2. The molecule has 6 rings (SSSR count). The van der Waals surface area contributed by atoms with E-state index in [-0.39, 0.29) is 5.91 Å². The molecule has 0 bridgehead atoms. The Morgan fingerprint density at radius 2 is 1.73 bits per heavy atom. The molecule has 0 saturated heterocycles. The number of nitrogens with zero attached hydrogens (tertiary/aromatic N) is 4. The van der Waals surface area contributed by atoms with Crippen molar-refractivity contribution in [2.45, 2.75) is 26.5 Å². The molecule has 40 heavy (non-hydrogen) atoms. The van der Waals surface area contributed by atoms with E-state index in [0.717, 1.165) is 28.0 Å². The maximum Gasteiger partial charge on any atom is 0.255 e. The Hall–Kier alpha value is -5.24. The maximum atomic E-state index is 13.7. The molecule has 1 unspecified atom stereocenters. The van der Waals surface area contributed by atoms with Crippen molar-refractivity contribution in [3.8, 4) is 17.1 Å². The molecule has 0 saturated carbocycles. The molecule has 3 heterocycles. The van der Waals surface area contributed by atoms with Gasteiger partial charge in [-0.3, -0.25) is 9.78 Å². The number of allylic oxidation sites excluding steroid dienone is 1. The van der Waals surface area contributed by atoms with Crippen LogP contribution in [0.15, 0.2) is 115 Å². The number of aryl methyl sites for hydroxylation is 1. The first kappa shape index (κ1) is 25.1. The monoisotopic (exact) mass is 528 g/mol. The van der Waals surface area contributed by atoms with E-state index in [4.69, 9.17) is 14.8 Å². The van der Waals surface area contributed by atoms with Crippen molar-refractivity contribution in [3.63, 3.8) is 0 Å². The minimum absolute atomic E-state index is 0.245. The fourth-order valence-electron chi connectivity index (χ4n) is 4.70. The minimum atomic E-state index is -0.511. The third kappa shape index (κ3) is 5.19. The molecular weight excluding hydrogens is 500 g/mol. The lowest BCUT2D eigenvalue weighted by Crippen LogP contribution is -2.31. The number of benzene rings is 3. The van der Waals surface area contributed by atoms with Gasteiger partial charge in [0.05, 0.1) is 17.5 Å². The first-order valence-corrected chi connectivity index (χ1v) is 13.0. The molecule has 5 aromatic rings. The fraction of sp³-hybridized carbons (Fsp3) is 0.125. The Labute approximate surface area is 232 Å². The Bertz CT molecular complexity index is 1660. The van der Waals surface area contributed by atoms with Crippen LogP contribution in [0.1, 0.15) is 29.7 Å². The summed E-state index contributed by atoms with van der Waals surface area (Å²) < 4.78 is 7.78. The smallest absolute Gasteiger partial charge is 0.255 e. The quantitative estimate of drug-likeness (QED) is 0.263. The van der Waals surface area contributed by atoms with Crippen LogP contribution in [0.25, 0.3) is 11.4 Å². The van der Waals surface area contributed by atoms with Gasteiger partial charge in [-0.1, -0.05) is 72.3 Å². The number of nitrogens with one attached hydrogen (secondary N) is 2. The van der Waals surface area contributed by atoms with Crippen molar-refractivity contribution < 1.29 is 9.53 Å². The molecule has 1 atom stereocenters. The number of aromatic nitrogens is 4. The first-order chi connectivity index (χ1) is 19.5. The second-order valence-electron chi connectivity index (χ2n) is 9.67. The van der Waals surface area contributed by atoms with Crippen LogP contribution >= 0.6 is 0 Å². The summed E-state index contributed by atoms with van der Waals surface area (Å²) in [5.74, 6) is 1.64. The van der Waals surface area contributed by atoms with Gasteiger partial charge in [-0.05, 0) is 49.2 Å². The Kier molecular flexibility index (Phi) is 6.80. The number of fused-ring (bicyclic) bond motifs is 1. The highest BCUT2D eigenvalue weighted by molar-refractivity contribution is 6.06. The van der Waals surface area contributed by atoms with E-state index >= 15 is 0 Å². The molecule has 2 aromatic heterocycles. The summed E-state index contributed by atoms with van der Waals surface area (Å²) in [6, 6.07) is 29.0. The van der Waals surface area contributed by atoms with Crippen LogP contribution < -0.4 is 15.4 Å². The molecule has 1 amide bonds. The van der Waals surface area contributed by atoms with E-state index in [0.29, 0.717) is 35.3 Å². The summed E-state index contributed by atoms with van der Waals surface area (Å²) in [4.78, 5) is 22.6. The van der Waals surface area contributed by atoms with Gasteiger partial charge in [0.2, 0.25) is 5.95 Å². The first-order valence-electron chi connectivity index (χ1n) is 13.0. The minimum Gasteiger partial charge on any atom is -0.489 e. The van der Waals surface area contributed by atoms with Crippen molar-refractivity contribution in [1.29, 1.82) is 0 Å². The molecule has 0 spiro atoms. The maximum absolute atomic E-state index is 13.7. The summed E-state index contributed by atoms with van der Waals surface area (Å²) in [5.41, 5.74) is 5.88. The van der Waals surface area contributed by atoms with Crippen LogP contribution in [0.3, 0.4) is 0 Å². The van der Waals surface area contributed by atoms with E-state index < -0.39 is 6.04 Å².